The molecule has 4 nitrogen and oxygen atoms in total. The number of likely N-dealkylation sites (tertiary alicyclic amines) is 1. The van der Waals surface area contributed by atoms with Gasteiger partial charge in [-0.1, -0.05) is 6.07 Å². The Kier molecular flexibility index (Phi) is 4.63. The molecule has 0 aliphatic carbocycles. The third-order valence-corrected chi connectivity index (χ3v) is 4.67. The van der Waals surface area contributed by atoms with Gasteiger partial charge in [0.25, 0.3) is 5.91 Å². The van der Waals surface area contributed by atoms with Gasteiger partial charge in [-0.15, -0.1) is 11.3 Å². The maximum atomic E-state index is 12.3. The molecule has 0 atom stereocenters. The summed E-state index contributed by atoms with van der Waals surface area (Å²) in [5.74, 6) is 1.68. The van der Waals surface area contributed by atoms with E-state index in [1.54, 1.807) is 7.11 Å². The lowest BCUT2D eigenvalue weighted by Gasteiger charge is -2.13. The molecule has 1 amide bonds. The van der Waals surface area contributed by atoms with E-state index in [1.807, 2.05) is 40.6 Å². The Morgan fingerprint density at radius 1 is 1.23 bits per heavy atom. The average Bonchev–Trinajstić information content (AvgIpc) is 3.24. The molecule has 0 bridgehead atoms. The maximum absolute atomic E-state index is 12.3. The summed E-state index contributed by atoms with van der Waals surface area (Å²) in [4.78, 5) is 15.0. The monoisotopic (exact) mass is 317 g/mol. The first-order valence-electron chi connectivity index (χ1n) is 7.40. The molecule has 0 saturated carbocycles. The van der Waals surface area contributed by atoms with Gasteiger partial charge < -0.3 is 14.4 Å². The molecule has 22 heavy (non-hydrogen) atoms. The highest BCUT2D eigenvalue weighted by Gasteiger charge is 2.20. The molecule has 1 aromatic heterocycles. The van der Waals surface area contributed by atoms with E-state index in [9.17, 15) is 4.79 Å². The number of methoxy groups -OCH3 is 1. The number of nitrogens with zero attached hydrogens (tertiary/aromatic N) is 1. The van der Waals surface area contributed by atoms with Gasteiger partial charge in [-0.05, 0) is 36.4 Å². The Balaban J connectivity index is 1.60. The molecule has 1 aliphatic rings. The molecule has 0 spiro atoms. The fraction of sp³-hybridized carbons (Fsp3) is 0.353. The Morgan fingerprint density at radius 2 is 2.00 bits per heavy atom. The Hall–Kier alpha value is -2.01. The van der Waals surface area contributed by atoms with Crippen LogP contribution in [0.25, 0.3) is 0 Å². The minimum Gasteiger partial charge on any atom is -0.497 e. The molecule has 1 aliphatic heterocycles. The first kappa shape index (κ1) is 14.9. The van der Waals surface area contributed by atoms with Gasteiger partial charge in [-0.3, -0.25) is 4.79 Å². The molecule has 2 aromatic rings. The van der Waals surface area contributed by atoms with Gasteiger partial charge in [0.15, 0.2) is 0 Å². The van der Waals surface area contributed by atoms with Crippen LogP contribution in [-0.2, 0) is 6.61 Å². The normalized spacial score (nSPS) is 14.1. The molecule has 3 rings (SSSR count). The molecular formula is C17H19NO3S. The van der Waals surface area contributed by atoms with Gasteiger partial charge in [0.05, 0.1) is 12.0 Å². The van der Waals surface area contributed by atoms with Crippen LogP contribution >= 0.6 is 11.3 Å². The number of amides is 1. The van der Waals surface area contributed by atoms with Crippen molar-refractivity contribution in [2.75, 3.05) is 20.2 Å². The molecule has 116 valence electrons. The van der Waals surface area contributed by atoms with Crippen LogP contribution in [0.2, 0.25) is 0 Å². The number of thiophene rings is 1. The van der Waals surface area contributed by atoms with Crippen LogP contribution in [0, 0.1) is 0 Å². The first-order chi connectivity index (χ1) is 10.8. The highest BCUT2D eigenvalue weighted by molar-refractivity contribution is 7.12. The lowest BCUT2D eigenvalue weighted by atomic mass is 10.3. The minimum absolute atomic E-state index is 0.148. The first-order valence-corrected chi connectivity index (χ1v) is 8.28. The third-order valence-electron chi connectivity index (χ3n) is 3.70. The molecule has 0 N–H and O–H groups in total. The number of hydrogen-bond acceptors (Lipinski definition) is 4. The van der Waals surface area contributed by atoms with Crippen molar-refractivity contribution >= 4 is 17.2 Å². The summed E-state index contributed by atoms with van der Waals surface area (Å²) in [6.07, 6.45) is 2.23. The molecule has 1 fully saturated rings. The van der Waals surface area contributed by atoms with E-state index < -0.39 is 0 Å². The van der Waals surface area contributed by atoms with Gasteiger partial charge >= 0.3 is 0 Å². The molecule has 1 saturated heterocycles. The van der Waals surface area contributed by atoms with Crippen molar-refractivity contribution in [2.24, 2.45) is 0 Å². The number of ether oxygens (including phenoxy) is 2. The number of benzene rings is 1. The molecule has 2 heterocycles. The van der Waals surface area contributed by atoms with Crippen molar-refractivity contribution in [1.29, 1.82) is 0 Å². The van der Waals surface area contributed by atoms with Crippen LogP contribution in [0.4, 0.5) is 0 Å². The topological polar surface area (TPSA) is 38.8 Å². The van der Waals surface area contributed by atoms with Crippen LogP contribution in [0.1, 0.15) is 28.1 Å². The molecular weight excluding hydrogens is 298 g/mol. The smallest absolute Gasteiger partial charge is 0.263 e. The quantitative estimate of drug-likeness (QED) is 0.846. The van der Waals surface area contributed by atoms with Crippen LogP contribution in [0.5, 0.6) is 11.5 Å². The summed E-state index contributed by atoms with van der Waals surface area (Å²) in [5, 5.41) is 1.99. The van der Waals surface area contributed by atoms with Crippen molar-refractivity contribution in [3.63, 3.8) is 0 Å². The summed E-state index contributed by atoms with van der Waals surface area (Å²) >= 11 is 1.49. The number of hydrogen-bond donors (Lipinski definition) is 0. The maximum Gasteiger partial charge on any atom is 0.263 e. The van der Waals surface area contributed by atoms with Crippen LogP contribution < -0.4 is 9.47 Å². The van der Waals surface area contributed by atoms with Crippen molar-refractivity contribution in [3.05, 3.63) is 46.2 Å². The van der Waals surface area contributed by atoms with E-state index in [0.717, 1.165) is 47.9 Å². The van der Waals surface area contributed by atoms with Gasteiger partial charge in [0.1, 0.15) is 18.1 Å². The van der Waals surface area contributed by atoms with E-state index in [1.165, 1.54) is 11.3 Å². The number of carbonyl (C=O) groups is 1. The molecule has 0 radical (unpaired) electrons. The van der Waals surface area contributed by atoms with Gasteiger partial charge in [0.2, 0.25) is 0 Å². The summed E-state index contributed by atoms with van der Waals surface area (Å²) in [5.41, 5.74) is 1.02. The highest BCUT2D eigenvalue weighted by atomic mass is 32.1. The number of rotatable bonds is 5. The van der Waals surface area contributed by atoms with Crippen molar-refractivity contribution in [1.82, 2.24) is 4.90 Å². The van der Waals surface area contributed by atoms with Crippen molar-refractivity contribution < 1.29 is 14.3 Å². The molecule has 5 heteroatoms. The van der Waals surface area contributed by atoms with Crippen molar-refractivity contribution in [3.8, 4) is 11.5 Å². The van der Waals surface area contributed by atoms with Crippen LogP contribution in [0.15, 0.2) is 35.7 Å². The van der Waals surface area contributed by atoms with E-state index in [2.05, 4.69) is 0 Å². The van der Waals surface area contributed by atoms with E-state index in [-0.39, 0.29) is 5.91 Å². The molecule has 0 unspecified atom stereocenters. The largest absolute Gasteiger partial charge is 0.497 e. The second-order valence-corrected chi connectivity index (χ2v) is 6.20. The number of carbonyl (C=O) groups excluding carboxylic acids is 1. The fourth-order valence-corrected chi connectivity index (χ4v) is 3.36. The van der Waals surface area contributed by atoms with Crippen molar-refractivity contribution in [2.45, 2.75) is 19.4 Å². The predicted molar refractivity (Wildman–Crippen MR) is 86.8 cm³/mol. The fourth-order valence-electron chi connectivity index (χ4n) is 2.50. The third kappa shape index (κ3) is 3.42. The van der Waals surface area contributed by atoms with Crippen LogP contribution in [0.3, 0.4) is 0 Å². The standard InChI is InChI=1S/C17H19NO3S/c1-20-14-5-4-6-15(10-14)21-11-13-9-16(22-12-13)17(19)18-7-2-3-8-18/h4-6,9-10,12H,2-3,7-8,11H2,1H3. The Morgan fingerprint density at radius 3 is 2.77 bits per heavy atom. The second kappa shape index (κ2) is 6.83. The zero-order valence-electron chi connectivity index (χ0n) is 12.6. The SMILES string of the molecule is COc1cccc(OCc2csc(C(=O)N3CCCC3)c2)c1. The van der Waals surface area contributed by atoms with E-state index in [0.29, 0.717) is 6.61 Å². The highest BCUT2D eigenvalue weighted by Crippen LogP contribution is 2.23. The van der Waals surface area contributed by atoms with E-state index in [4.69, 9.17) is 9.47 Å². The lowest BCUT2D eigenvalue weighted by Crippen LogP contribution is -2.26. The minimum atomic E-state index is 0.148. The summed E-state index contributed by atoms with van der Waals surface area (Å²) < 4.78 is 10.9. The van der Waals surface area contributed by atoms with Gasteiger partial charge in [-0.25, -0.2) is 0 Å². The predicted octanol–water partition coefficient (Wildman–Crippen LogP) is 3.57. The lowest BCUT2D eigenvalue weighted by molar-refractivity contribution is 0.0797. The van der Waals surface area contributed by atoms with E-state index >= 15 is 0 Å². The zero-order valence-corrected chi connectivity index (χ0v) is 13.4. The molecule has 1 aromatic carbocycles. The Labute approximate surface area is 134 Å². The zero-order chi connectivity index (χ0) is 15.4. The second-order valence-electron chi connectivity index (χ2n) is 5.29. The summed E-state index contributed by atoms with van der Waals surface area (Å²) in [6.45, 7) is 2.22. The summed E-state index contributed by atoms with van der Waals surface area (Å²) in [6, 6.07) is 9.45. The van der Waals surface area contributed by atoms with Gasteiger partial charge in [0, 0.05) is 24.7 Å². The summed E-state index contributed by atoms with van der Waals surface area (Å²) in [7, 11) is 1.63. The Bertz CT molecular complexity index is 647. The van der Waals surface area contributed by atoms with Crippen LogP contribution in [-0.4, -0.2) is 31.0 Å². The van der Waals surface area contributed by atoms with Gasteiger partial charge in [-0.2, -0.15) is 0 Å². The average molecular weight is 317 g/mol.